The van der Waals surface area contributed by atoms with Gasteiger partial charge in [0.05, 0.1) is 14.2 Å². The van der Waals surface area contributed by atoms with E-state index in [-0.39, 0.29) is 5.56 Å². The Labute approximate surface area is 164 Å². The quantitative estimate of drug-likeness (QED) is 0.667. The number of halogens is 3. The first-order chi connectivity index (χ1) is 13.8. The zero-order valence-electron chi connectivity index (χ0n) is 15.7. The van der Waals surface area contributed by atoms with Crippen molar-refractivity contribution in [2.24, 2.45) is 0 Å². The molecule has 1 N–H and O–H groups in total. The Balaban J connectivity index is 1.83. The third kappa shape index (κ3) is 4.87. The summed E-state index contributed by atoms with van der Waals surface area (Å²) in [7, 11) is 2.93. The summed E-state index contributed by atoms with van der Waals surface area (Å²) in [5.74, 6) is 0.380. The van der Waals surface area contributed by atoms with Gasteiger partial charge in [-0.25, -0.2) is 0 Å². The van der Waals surface area contributed by atoms with Crippen LogP contribution in [0.15, 0.2) is 54.7 Å². The smallest absolute Gasteiger partial charge is 0.435 e. The first kappa shape index (κ1) is 20.2. The Morgan fingerprint density at radius 1 is 1.07 bits per heavy atom. The lowest BCUT2D eigenvalue weighted by Gasteiger charge is -2.10. The van der Waals surface area contributed by atoms with Gasteiger partial charge in [-0.3, -0.25) is 9.48 Å². The molecule has 0 atom stereocenters. The minimum Gasteiger partial charge on any atom is -0.497 e. The molecule has 0 saturated heterocycles. The first-order valence-corrected chi connectivity index (χ1v) is 8.53. The lowest BCUT2D eigenvalue weighted by molar-refractivity contribution is -0.141. The van der Waals surface area contributed by atoms with Gasteiger partial charge in [-0.15, -0.1) is 0 Å². The minimum absolute atomic E-state index is 0.0889. The van der Waals surface area contributed by atoms with Crippen molar-refractivity contribution in [3.63, 3.8) is 0 Å². The number of carbonyl (C=O) groups excluding carboxylic acids is 1. The largest absolute Gasteiger partial charge is 0.497 e. The molecular weight excluding hydrogens is 387 g/mol. The van der Waals surface area contributed by atoms with E-state index in [0.29, 0.717) is 22.7 Å². The topological polar surface area (TPSA) is 65.4 Å². The maximum atomic E-state index is 13.4. The third-order valence-electron chi connectivity index (χ3n) is 4.06. The van der Waals surface area contributed by atoms with Gasteiger partial charge in [-0.2, -0.15) is 18.3 Å². The number of nitrogens with zero attached hydrogens (tertiary/aromatic N) is 2. The molecule has 1 aromatic heterocycles. The van der Waals surface area contributed by atoms with Crippen LogP contribution in [0.3, 0.4) is 0 Å². The van der Waals surface area contributed by atoms with Gasteiger partial charge >= 0.3 is 6.18 Å². The average Bonchev–Trinajstić information content (AvgIpc) is 3.12. The molecule has 3 aromatic rings. The summed E-state index contributed by atoms with van der Waals surface area (Å²) in [5.41, 5.74) is -0.379. The molecule has 9 heteroatoms. The predicted octanol–water partition coefficient (Wildman–Crippen LogP) is 4.22. The van der Waals surface area contributed by atoms with E-state index in [1.807, 2.05) is 0 Å². The fraction of sp³-hybridized carbons (Fsp3) is 0.200. The number of rotatable bonds is 6. The highest BCUT2D eigenvalue weighted by Gasteiger charge is 2.37. The molecule has 6 nitrogen and oxygen atoms in total. The lowest BCUT2D eigenvalue weighted by Crippen LogP contribution is -2.19. The number of ether oxygens (including phenoxy) is 2. The summed E-state index contributed by atoms with van der Waals surface area (Å²) in [4.78, 5) is 12.4. The third-order valence-corrected chi connectivity index (χ3v) is 4.06. The predicted molar refractivity (Wildman–Crippen MR) is 101 cm³/mol. The van der Waals surface area contributed by atoms with E-state index in [2.05, 4.69) is 10.4 Å². The summed E-state index contributed by atoms with van der Waals surface area (Å²) in [6.45, 7) is -0.393. The number of amides is 1. The molecule has 0 fully saturated rings. The molecule has 0 aliphatic rings. The van der Waals surface area contributed by atoms with E-state index in [4.69, 9.17) is 9.47 Å². The normalized spacial score (nSPS) is 11.2. The molecule has 0 saturated carbocycles. The van der Waals surface area contributed by atoms with Crippen LogP contribution in [-0.2, 0) is 17.5 Å². The lowest BCUT2D eigenvalue weighted by atomic mass is 10.1. The average molecular weight is 405 g/mol. The van der Waals surface area contributed by atoms with Crippen molar-refractivity contribution in [2.45, 2.75) is 12.7 Å². The molecule has 3 rings (SSSR count). The number of carbonyl (C=O) groups is 1. The van der Waals surface area contributed by atoms with Crippen molar-refractivity contribution in [1.29, 1.82) is 0 Å². The molecule has 0 aliphatic heterocycles. The molecule has 0 bridgehead atoms. The van der Waals surface area contributed by atoms with Crippen molar-refractivity contribution >= 4 is 11.6 Å². The number of methoxy groups -OCH3 is 2. The van der Waals surface area contributed by atoms with Gasteiger partial charge in [0.2, 0.25) is 5.91 Å². The number of alkyl halides is 3. The van der Waals surface area contributed by atoms with Gasteiger partial charge in [-0.1, -0.05) is 30.3 Å². The second-order valence-corrected chi connectivity index (χ2v) is 6.10. The highest BCUT2D eigenvalue weighted by molar-refractivity contribution is 5.91. The molecule has 0 unspecified atom stereocenters. The van der Waals surface area contributed by atoms with Crippen LogP contribution in [0.25, 0.3) is 11.1 Å². The van der Waals surface area contributed by atoms with Gasteiger partial charge < -0.3 is 14.8 Å². The minimum atomic E-state index is -4.65. The van der Waals surface area contributed by atoms with Crippen LogP contribution >= 0.6 is 0 Å². The zero-order chi connectivity index (χ0) is 21.0. The molecule has 1 amide bonds. The number of hydrogen-bond acceptors (Lipinski definition) is 4. The van der Waals surface area contributed by atoms with E-state index in [0.717, 1.165) is 4.68 Å². The first-order valence-electron chi connectivity index (χ1n) is 8.53. The SMILES string of the molecule is COc1cc(NC(=O)Cn2cc(-c3ccccc3)c(C(F)(F)F)n2)cc(OC)c1. The van der Waals surface area contributed by atoms with Crippen molar-refractivity contribution in [1.82, 2.24) is 9.78 Å². The second kappa shape index (κ2) is 8.26. The van der Waals surface area contributed by atoms with Crippen LogP contribution in [0.5, 0.6) is 11.5 Å². The van der Waals surface area contributed by atoms with E-state index in [1.165, 1.54) is 20.4 Å². The Morgan fingerprint density at radius 3 is 2.24 bits per heavy atom. The molecule has 0 aliphatic carbocycles. The van der Waals surface area contributed by atoms with E-state index in [1.54, 1.807) is 48.5 Å². The van der Waals surface area contributed by atoms with Crippen LogP contribution in [0.2, 0.25) is 0 Å². The molecule has 0 radical (unpaired) electrons. The van der Waals surface area contributed by atoms with Crippen molar-refractivity contribution < 1.29 is 27.4 Å². The van der Waals surface area contributed by atoms with Crippen LogP contribution < -0.4 is 14.8 Å². The highest BCUT2D eigenvalue weighted by atomic mass is 19.4. The number of hydrogen-bond donors (Lipinski definition) is 1. The second-order valence-electron chi connectivity index (χ2n) is 6.10. The number of benzene rings is 2. The highest BCUT2D eigenvalue weighted by Crippen LogP contribution is 2.36. The molecule has 0 spiro atoms. The van der Waals surface area contributed by atoms with Gasteiger partial charge in [-0.05, 0) is 5.56 Å². The van der Waals surface area contributed by atoms with Crippen molar-refractivity contribution in [2.75, 3.05) is 19.5 Å². The van der Waals surface area contributed by atoms with Gasteiger partial charge in [0.1, 0.15) is 18.0 Å². The fourth-order valence-corrected chi connectivity index (χ4v) is 2.77. The monoisotopic (exact) mass is 405 g/mol. The van der Waals surface area contributed by atoms with Crippen LogP contribution in [0, 0.1) is 0 Å². The van der Waals surface area contributed by atoms with Gasteiger partial charge in [0, 0.05) is 35.6 Å². The Kier molecular flexibility index (Phi) is 5.76. The number of nitrogens with one attached hydrogen (secondary N) is 1. The Morgan fingerprint density at radius 2 is 1.69 bits per heavy atom. The maximum Gasteiger partial charge on any atom is 0.435 e. The Bertz CT molecular complexity index is 979. The summed E-state index contributed by atoms with van der Waals surface area (Å²) >= 11 is 0. The zero-order valence-corrected chi connectivity index (χ0v) is 15.7. The van der Waals surface area contributed by atoms with Gasteiger partial charge in [0.15, 0.2) is 5.69 Å². The summed E-state index contributed by atoms with van der Waals surface area (Å²) in [5, 5.41) is 6.19. The van der Waals surface area contributed by atoms with Crippen LogP contribution in [-0.4, -0.2) is 29.9 Å². The Hall–Kier alpha value is -3.49. The molecule has 152 valence electrons. The van der Waals surface area contributed by atoms with E-state index in [9.17, 15) is 18.0 Å². The fourth-order valence-electron chi connectivity index (χ4n) is 2.77. The summed E-state index contributed by atoms with van der Waals surface area (Å²) < 4.78 is 51.4. The molecular formula is C20H18F3N3O3. The number of anilines is 1. The van der Waals surface area contributed by atoms with Crippen molar-refractivity contribution in [3.05, 3.63) is 60.4 Å². The standard InChI is InChI=1S/C20H18F3N3O3/c1-28-15-8-14(9-16(10-15)29-2)24-18(27)12-26-11-17(13-6-4-3-5-7-13)19(25-26)20(21,22)23/h3-11H,12H2,1-2H3,(H,24,27). The summed E-state index contributed by atoms with van der Waals surface area (Å²) in [6, 6.07) is 12.9. The molecule has 2 aromatic carbocycles. The number of aromatic nitrogens is 2. The van der Waals surface area contributed by atoms with Crippen molar-refractivity contribution in [3.8, 4) is 22.6 Å². The van der Waals surface area contributed by atoms with Crippen LogP contribution in [0.4, 0.5) is 18.9 Å². The van der Waals surface area contributed by atoms with E-state index < -0.39 is 24.3 Å². The maximum absolute atomic E-state index is 13.4. The summed E-state index contributed by atoms with van der Waals surface area (Å²) in [6.07, 6.45) is -3.43. The van der Waals surface area contributed by atoms with E-state index >= 15 is 0 Å². The molecule has 1 heterocycles. The van der Waals surface area contributed by atoms with Gasteiger partial charge in [0.25, 0.3) is 0 Å². The molecule has 29 heavy (non-hydrogen) atoms. The van der Waals surface area contributed by atoms with Crippen LogP contribution in [0.1, 0.15) is 5.69 Å².